The van der Waals surface area contributed by atoms with Gasteiger partial charge in [-0.3, -0.25) is 14.5 Å². The number of benzene rings is 2. The van der Waals surface area contributed by atoms with E-state index in [4.69, 9.17) is 33.3 Å². The number of hydrogen-bond acceptors (Lipinski definition) is 6. The molecule has 6 nitrogen and oxygen atoms in total. The Kier molecular flexibility index (Phi) is 7.34. The van der Waals surface area contributed by atoms with Crippen LogP contribution in [-0.2, 0) is 9.59 Å². The van der Waals surface area contributed by atoms with E-state index in [9.17, 15) is 9.59 Å². The highest BCUT2D eigenvalue weighted by Gasteiger charge is 2.31. The van der Waals surface area contributed by atoms with Gasteiger partial charge in [0, 0.05) is 23.7 Å². The van der Waals surface area contributed by atoms with Gasteiger partial charge in [-0.15, -0.1) is 0 Å². The average molecular weight is 489 g/mol. The van der Waals surface area contributed by atoms with Crippen molar-refractivity contribution < 1.29 is 19.1 Å². The maximum Gasteiger partial charge on any atom is 0.266 e. The van der Waals surface area contributed by atoms with Crippen molar-refractivity contribution >= 4 is 63.5 Å². The van der Waals surface area contributed by atoms with E-state index in [1.54, 1.807) is 29.2 Å². The highest BCUT2D eigenvalue weighted by atomic mass is 35.5. The Bertz CT molecular complexity index is 1090. The number of amides is 2. The summed E-state index contributed by atoms with van der Waals surface area (Å²) in [5.41, 5.74) is 1.55. The third-order valence-corrected chi connectivity index (χ3v) is 6.57. The number of halogens is 1. The van der Waals surface area contributed by atoms with Gasteiger partial charge in [0.25, 0.3) is 5.91 Å². The van der Waals surface area contributed by atoms with Crippen LogP contribution in [0.5, 0.6) is 11.5 Å². The van der Waals surface area contributed by atoms with Crippen LogP contribution >= 0.6 is 35.6 Å². The van der Waals surface area contributed by atoms with E-state index in [2.05, 4.69) is 5.32 Å². The summed E-state index contributed by atoms with van der Waals surface area (Å²) in [5, 5.41) is 3.42. The largest absolute Gasteiger partial charge is 0.454 e. The molecule has 2 aromatic carbocycles. The van der Waals surface area contributed by atoms with Gasteiger partial charge in [-0.1, -0.05) is 54.1 Å². The molecule has 0 spiro atoms. The number of anilines is 1. The first-order valence-electron chi connectivity index (χ1n) is 10.2. The van der Waals surface area contributed by atoms with E-state index in [0.717, 1.165) is 24.8 Å². The summed E-state index contributed by atoms with van der Waals surface area (Å²) < 4.78 is 11.3. The number of rotatable bonds is 8. The molecule has 0 saturated carbocycles. The van der Waals surface area contributed by atoms with E-state index < -0.39 is 0 Å². The molecule has 0 aromatic heterocycles. The molecule has 1 N–H and O–H groups in total. The summed E-state index contributed by atoms with van der Waals surface area (Å²) in [7, 11) is 0. The molecular weight excluding hydrogens is 468 g/mol. The zero-order valence-electron chi connectivity index (χ0n) is 17.1. The first-order chi connectivity index (χ1) is 15.5. The number of unbranched alkanes of at least 4 members (excludes halogenated alkanes) is 2. The predicted octanol–water partition coefficient (Wildman–Crippen LogP) is 5.47. The first kappa shape index (κ1) is 22.6. The molecule has 2 heterocycles. The summed E-state index contributed by atoms with van der Waals surface area (Å²) in [6.45, 7) is 0.752. The van der Waals surface area contributed by atoms with E-state index in [-0.39, 0.29) is 18.6 Å². The molecule has 2 aliphatic heterocycles. The van der Waals surface area contributed by atoms with Crippen LogP contribution < -0.4 is 14.8 Å². The fourth-order valence-corrected chi connectivity index (χ4v) is 4.87. The van der Waals surface area contributed by atoms with Gasteiger partial charge in [0.15, 0.2) is 11.5 Å². The molecule has 2 aromatic rings. The van der Waals surface area contributed by atoms with Crippen LogP contribution in [-0.4, -0.2) is 34.4 Å². The molecule has 0 aliphatic carbocycles. The fraction of sp³-hybridized carbons (Fsp3) is 0.261. The standard InChI is InChI=1S/C23H21ClN2O4S2/c24-16-5-4-6-17(13-16)25-21(27)7-2-1-3-10-26-22(28)20(32-23(26)31)12-15-8-9-18-19(11-15)30-14-29-18/h4-6,8-9,11-13H,1-3,7,10,14H2,(H,25,27)/b20-12-. The van der Waals surface area contributed by atoms with Crippen molar-refractivity contribution in [1.29, 1.82) is 0 Å². The molecule has 0 atom stereocenters. The number of nitrogens with one attached hydrogen (secondary N) is 1. The number of thiocarbonyl (C=S) groups is 1. The van der Waals surface area contributed by atoms with E-state index in [1.807, 2.05) is 24.3 Å². The van der Waals surface area contributed by atoms with Crippen molar-refractivity contribution in [2.75, 3.05) is 18.7 Å². The average Bonchev–Trinajstić information content (AvgIpc) is 3.32. The van der Waals surface area contributed by atoms with Gasteiger partial charge < -0.3 is 14.8 Å². The second-order valence-electron chi connectivity index (χ2n) is 7.32. The summed E-state index contributed by atoms with van der Waals surface area (Å²) in [5.74, 6) is 1.24. The molecule has 9 heteroatoms. The van der Waals surface area contributed by atoms with Gasteiger partial charge in [-0.05, 0) is 54.8 Å². The molecular formula is C23H21ClN2O4S2. The summed E-state index contributed by atoms with van der Waals surface area (Å²) in [4.78, 5) is 27.1. The van der Waals surface area contributed by atoms with Gasteiger partial charge in [-0.2, -0.15) is 0 Å². The zero-order valence-corrected chi connectivity index (χ0v) is 19.5. The number of nitrogens with zero attached hydrogens (tertiary/aromatic N) is 1. The fourth-order valence-electron chi connectivity index (χ4n) is 3.37. The lowest BCUT2D eigenvalue weighted by Gasteiger charge is -2.14. The number of carbonyl (C=O) groups is 2. The van der Waals surface area contributed by atoms with Crippen LogP contribution in [0.3, 0.4) is 0 Å². The predicted molar refractivity (Wildman–Crippen MR) is 131 cm³/mol. The highest BCUT2D eigenvalue weighted by molar-refractivity contribution is 8.26. The Morgan fingerprint density at radius 1 is 1.16 bits per heavy atom. The zero-order chi connectivity index (χ0) is 22.5. The Morgan fingerprint density at radius 3 is 2.84 bits per heavy atom. The van der Waals surface area contributed by atoms with E-state index >= 15 is 0 Å². The lowest BCUT2D eigenvalue weighted by molar-refractivity contribution is -0.122. The van der Waals surface area contributed by atoms with Gasteiger partial charge in [-0.25, -0.2) is 0 Å². The molecule has 4 rings (SSSR count). The number of thioether (sulfide) groups is 1. The SMILES string of the molecule is O=C(CCCCCN1C(=O)/C(=C/c2ccc3c(c2)OCO3)SC1=S)Nc1cccc(Cl)c1. The van der Waals surface area contributed by atoms with Crippen molar-refractivity contribution in [2.45, 2.75) is 25.7 Å². The number of fused-ring (bicyclic) bond motifs is 1. The summed E-state index contributed by atoms with van der Waals surface area (Å²) in [6.07, 6.45) is 4.56. The topological polar surface area (TPSA) is 67.9 Å². The maximum absolute atomic E-state index is 12.8. The molecule has 0 unspecified atom stereocenters. The van der Waals surface area contributed by atoms with Gasteiger partial charge in [0.2, 0.25) is 12.7 Å². The number of carbonyl (C=O) groups excluding carboxylic acids is 2. The molecule has 1 saturated heterocycles. The van der Waals surface area contributed by atoms with Crippen LogP contribution in [0, 0.1) is 0 Å². The van der Waals surface area contributed by atoms with Crippen LogP contribution in [0.2, 0.25) is 5.02 Å². The molecule has 2 amide bonds. The third kappa shape index (κ3) is 5.62. The van der Waals surface area contributed by atoms with Crippen LogP contribution in [0.4, 0.5) is 5.69 Å². The normalized spacial score (nSPS) is 16.2. The third-order valence-electron chi connectivity index (χ3n) is 4.96. The van der Waals surface area contributed by atoms with E-state index in [0.29, 0.717) is 44.4 Å². The molecule has 0 radical (unpaired) electrons. The highest BCUT2D eigenvalue weighted by Crippen LogP contribution is 2.36. The minimum Gasteiger partial charge on any atom is -0.454 e. The lowest BCUT2D eigenvalue weighted by atomic mass is 10.1. The van der Waals surface area contributed by atoms with Crippen molar-refractivity contribution in [3.8, 4) is 11.5 Å². The molecule has 0 bridgehead atoms. The molecule has 1 fully saturated rings. The number of ether oxygens (including phenoxy) is 2. The van der Waals surface area contributed by atoms with Crippen LogP contribution in [0.25, 0.3) is 6.08 Å². The molecule has 32 heavy (non-hydrogen) atoms. The Balaban J connectivity index is 1.22. The van der Waals surface area contributed by atoms with Crippen LogP contribution in [0.15, 0.2) is 47.4 Å². The summed E-state index contributed by atoms with van der Waals surface area (Å²) in [6, 6.07) is 12.6. The smallest absolute Gasteiger partial charge is 0.266 e. The minimum atomic E-state index is -0.0867. The van der Waals surface area contributed by atoms with Gasteiger partial charge >= 0.3 is 0 Å². The second kappa shape index (κ2) is 10.4. The van der Waals surface area contributed by atoms with Gasteiger partial charge in [0.1, 0.15) is 4.32 Å². The lowest BCUT2D eigenvalue weighted by Crippen LogP contribution is -2.29. The Labute approximate surface area is 200 Å². The van der Waals surface area contributed by atoms with Crippen molar-refractivity contribution in [3.05, 3.63) is 58.0 Å². The molecule has 166 valence electrons. The quantitative estimate of drug-likeness (QED) is 0.302. The maximum atomic E-state index is 12.8. The Morgan fingerprint density at radius 2 is 2.00 bits per heavy atom. The molecule has 2 aliphatic rings. The minimum absolute atomic E-state index is 0.0514. The second-order valence-corrected chi connectivity index (χ2v) is 9.43. The van der Waals surface area contributed by atoms with Gasteiger partial charge in [0.05, 0.1) is 4.91 Å². The van der Waals surface area contributed by atoms with Crippen molar-refractivity contribution in [2.24, 2.45) is 0 Å². The number of hydrogen-bond donors (Lipinski definition) is 1. The monoisotopic (exact) mass is 488 g/mol. The van der Waals surface area contributed by atoms with Crippen LogP contribution in [0.1, 0.15) is 31.2 Å². The Hall–Kier alpha value is -2.55. The van der Waals surface area contributed by atoms with Crippen molar-refractivity contribution in [3.63, 3.8) is 0 Å². The van der Waals surface area contributed by atoms with Crippen molar-refractivity contribution in [1.82, 2.24) is 4.90 Å². The first-order valence-corrected chi connectivity index (χ1v) is 11.8. The summed E-state index contributed by atoms with van der Waals surface area (Å²) >= 11 is 12.6. The van der Waals surface area contributed by atoms with E-state index in [1.165, 1.54) is 11.8 Å².